The van der Waals surface area contributed by atoms with E-state index in [1.807, 2.05) is 31.2 Å². The lowest BCUT2D eigenvalue weighted by atomic mass is 9.91. The molecule has 1 heterocycles. The van der Waals surface area contributed by atoms with Crippen molar-refractivity contribution in [2.24, 2.45) is 10.9 Å². The highest BCUT2D eigenvalue weighted by atomic mass is 16.5. The number of fused-ring (bicyclic) bond motifs is 1. The first-order chi connectivity index (χ1) is 10.0. The van der Waals surface area contributed by atoms with E-state index in [1.54, 1.807) is 11.9 Å². The Morgan fingerprint density at radius 2 is 2.29 bits per heavy atom. The lowest BCUT2D eigenvalue weighted by Crippen LogP contribution is -2.41. The first-order valence-corrected chi connectivity index (χ1v) is 6.99. The second kappa shape index (κ2) is 6.47. The van der Waals surface area contributed by atoms with Crippen LogP contribution in [0.3, 0.4) is 0 Å². The first kappa shape index (κ1) is 15.2. The van der Waals surface area contributed by atoms with E-state index in [4.69, 9.17) is 15.7 Å². The second-order valence-corrected chi connectivity index (χ2v) is 5.32. The molecule has 114 valence electrons. The van der Waals surface area contributed by atoms with Crippen molar-refractivity contribution >= 4 is 11.7 Å². The zero-order valence-electron chi connectivity index (χ0n) is 12.3. The SMILES string of the molecule is CC(CC(N)=NO)N(C)C(=O)C1CCOc2ccccc21. The molecule has 2 rings (SSSR count). The molecule has 0 spiro atoms. The van der Waals surface area contributed by atoms with E-state index in [0.717, 1.165) is 11.3 Å². The van der Waals surface area contributed by atoms with Gasteiger partial charge >= 0.3 is 0 Å². The molecule has 0 aliphatic carbocycles. The maximum absolute atomic E-state index is 12.7. The standard InChI is InChI=1S/C15H21N3O3/c1-10(9-14(16)17-20)18(2)15(19)12-7-8-21-13-6-4-3-5-11(12)13/h3-6,10,12,20H,7-9H2,1-2H3,(H2,16,17). The molecule has 2 atom stereocenters. The number of carbonyl (C=O) groups is 1. The number of amides is 1. The highest BCUT2D eigenvalue weighted by Crippen LogP contribution is 2.34. The molecule has 1 aliphatic rings. The number of hydrogen-bond donors (Lipinski definition) is 2. The number of hydrogen-bond acceptors (Lipinski definition) is 4. The zero-order chi connectivity index (χ0) is 15.4. The molecule has 3 N–H and O–H groups in total. The molecule has 1 aromatic rings. The number of oxime groups is 1. The molecule has 0 radical (unpaired) electrons. The van der Waals surface area contributed by atoms with Gasteiger partial charge in [-0.15, -0.1) is 0 Å². The number of likely N-dealkylation sites (N-methyl/N-ethyl adjacent to an activating group) is 1. The monoisotopic (exact) mass is 291 g/mol. The molecule has 1 aliphatic heterocycles. The smallest absolute Gasteiger partial charge is 0.230 e. The van der Waals surface area contributed by atoms with Gasteiger partial charge in [0.15, 0.2) is 0 Å². The molecule has 1 aromatic carbocycles. The Kier molecular flexibility index (Phi) is 4.67. The highest BCUT2D eigenvalue weighted by Gasteiger charge is 2.31. The fourth-order valence-electron chi connectivity index (χ4n) is 2.54. The number of rotatable bonds is 4. The van der Waals surface area contributed by atoms with Crippen molar-refractivity contribution in [3.63, 3.8) is 0 Å². The number of amidine groups is 1. The minimum Gasteiger partial charge on any atom is -0.493 e. The summed E-state index contributed by atoms with van der Waals surface area (Å²) in [5.74, 6) is 0.729. The molecule has 0 aromatic heterocycles. The van der Waals surface area contributed by atoms with Gasteiger partial charge in [-0.1, -0.05) is 23.4 Å². The minimum absolute atomic E-state index is 0.0315. The normalized spacial score (nSPS) is 19.3. The van der Waals surface area contributed by atoms with Crippen molar-refractivity contribution in [2.45, 2.75) is 31.7 Å². The Balaban J connectivity index is 2.13. The van der Waals surface area contributed by atoms with E-state index >= 15 is 0 Å². The summed E-state index contributed by atoms with van der Waals surface area (Å²) in [6, 6.07) is 7.49. The van der Waals surface area contributed by atoms with E-state index in [2.05, 4.69) is 5.16 Å². The molecule has 1 amide bonds. The zero-order valence-corrected chi connectivity index (χ0v) is 12.3. The quantitative estimate of drug-likeness (QED) is 0.381. The van der Waals surface area contributed by atoms with Gasteiger partial charge < -0.3 is 20.6 Å². The van der Waals surface area contributed by atoms with E-state index in [1.165, 1.54) is 0 Å². The van der Waals surface area contributed by atoms with E-state index in [0.29, 0.717) is 19.4 Å². The van der Waals surface area contributed by atoms with Gasteiger partial charge in [0.2, 0.25) is 5.91 Å². The fourth-order valence-corrected chi connectivity index (χ4v) is 2.54. The summed E-state index contributed by atoms with van der Waals surface area (Å²) in [5, 5.41) is 11.6. The van der Waals surface area contributed by atoms with Crippen LogP contribution in [0, 0.1) is 0 Å². The number of benzene rings is 1. The summed E-state index contributed by atoms with van der Waals surface area (Å²) in [6.07, 6.45) is 1.00. The second-order valence-electron chi connectivity index (χ2n) is 5.32. The number of ether oxygens (including phenoxy) is 1. The van der Waals surface area contributed by atoms with Crippen LogP contribution in [0.15, 0.2) is 29.4 Å². The average Bonchev–Trinajstić information content (AvgIpc) is 2.52. The van der Waals surface area contributed by atoms with Gasteiger partial charge in [0.25, 0.3) is 0 Å². The Morgan fingerprint density at radius 3 is 3.00 bits per heavy atom. The van der Waals surface area contributed by atoms with Crippen LogP contribution < -0.4 is 10.5 Å². The summed E-state index contributed by atoms with van der Waals surface area (Å²) in [6.45, 7) is 2.41. The lowest BCUT2D eigenvalue weighted by molar-refractivity contribution is -0.133. The predicted octanol–water partition coefficient (Wildman–Crippen LogP) is 1.54. The van der Waals surface area contributed by atoms with Gasteiger partial charge in [-0.25, -0.2) is 0 Å². The number of nitrogens with two attached hydrogens (primary N) is 1. The molecule has 0 saturated carbocycles. The molecule has 2 unspecified atom stereocenters. The van der Waals surface area contributed by atoms with Crippen LogP contribution >= 0.6 is 0 Å². The summed E-state index contributed by atoms with van der Waals surface area (Å²) in [7, 11) is 1.75. The highest BCUT2D eigenvalue weighted by molar-refractivity contribution is 5.86. The van der Waals surface area contributed by atoms with Crippen LogP contribution in [-0.2, 0) is 4.79 Å². The number of nitrogens with zero attached hydrogens (tertiary/aromatic N) is 2. The Labute approximate surface area is 124 Å². The van der Waals surface area contributed by atoms with Gasteiger partial charge in [-0.05, 0) is 19.4 Å². The Bertz CT molecular complexity index is 545. The molecule has 0 bridgehead atoms. The van der Waals surface area contributed by atoms with Crippen LogP contribution in [0.4, 0.5) is 0 Å². The third-order valence-electron chi connectivity index (χ3n) is 3.90. The van der Waals surface area contributed by atoms with Crippen LogP contribution in [0.5, 0.6) is 5.75 Å². The lowest BCUT2D eigenvalue weighted by Gasteiger charge is -2.31. The maximum atomic E-state index is 12.7. The van der Waals surface area contributed by atoms with Gasteiger partial charge in [0.1, 0.15) is 11.6 Å². The van der Waals surface area contributed by atoms with Crippen molar-refractivity contribution in [3.05, 3.63) is 29.8 Å². The van der Waals surface area contributed by atoms with Gasteiger partial charge in [0, 0.05) is 25.1 Å². The van der Waals surface area contributed by atoms with Crippen molar-refractivity contribution in [1.29, 1.82) is 0 Å². The van der Waals surface area contributed by atoms with E-state index < -0.39 is 0 Å². The fraction of sp³-hybridized carbons (Fsp3) is 0.467. The first-order valence-electron chi connectivity index (χ1n) is 6.99. The van der Waals surface area contributed by atoms with Crippen LogP contribution in [0.2, 0.25) is 0 Å². The van der Waals surface area contributed by atoms with Crippen molar-refractivity contribution in [3.8, 4) is 5.75 Å². The third kappa shape index (κ3) is 3.26. The Morgan fingerprint density at radius 1 is 1.57 bits per heavy atom. The molecule has 21 heavy (non-hydrogen) atoms. The topological polar surface area (TPSA) is 88.2 Å². The van der Waals surface area contributed by atoms with Crippen molar-refractivity contribution in [1.82, 2.24) is 4.90 Å². The summed E-state index contributed by atoms with van der Waals surface area (Å²) in [4.78, 5) is 14.4. The van der Waals surface area contributed by atoms with E-state index in [9.17, 15) is 4.79 Å². The molecule has 6 nitrogen and oxygen atoms in total. The molecule has 0 fully saturated rings. The van der Waals surface area contributed by atoms with Crippen molar-refractivity contribution < 1.29 is 14.7 Å². The summed E-state index contributed by atoms with van der Waals surface area (Å²) >= 11 is 0. The van der Waals surface area contributed by atoms with Gasteiger partial charge in [-0.2, -0.15) is 0 Å². The average molecular weight is 291 g/mol. The maximum Gasteiger partial charge on any atom is 0.230 e. The van der Waals surface area contributed by atoms with Gasteiger partial charge in [0.05, 0.1) is 12.5 Å². The molecular formula is C15H21N3O3. The predicted molar refractivity (Wildman–Crippen MR) is 79.6 cm³/mol. The molecule has 0 saturated heterocycles. The van der Waals surface area contributed by atoms with Crippen LogP contribution in [-0.4, -0.2) is 41.5 Å². The molecule has 6 heteroatoms. The minimum atomic E-state index is -0.199. The van der Waals surface area contributed by atoms with E-state index in [-0.39, 0.29) is 23.7 Å². The van der Waals surface area contributed by atoms with Crippen LogP contribution in [0.25, 0.3) is 0 Å². The van der Waals surface area contributed by atoms with Crippen LogP contribution in [0.1, 0.15) is 31.2 Å². The number of para-hydroxylation sites is 1. The molecular weight excluding hydrogens is 270 g/mol. The largest absolute Gasteiger partial charge is 0.493 e. The summed E-state index contributed by atoms with van der Waals surface area (Å²) in [5.41, 5.74) is 6.44. The van der Waals surface area contributed by atoms with Gasteiger partial charge in [-0.3, -0.25) is 4.79 Å². The van der Waals surface area contributed by atoms with Crippen molar-refractivity contribution in [2.75, 3.05) is 13.7 Å². The summed E-state index contributed by atoms with van der Waals surface area (Å²) < 4.78 is 5.58. The third-order valence-corrected chi connectivity index (χ3v) is 3.90. The Hall–Kier alpha value is -2.24. The number of carbonyl (C=O) groups excluding carboxylic acids is 1.